The van der Waals surface area contributed by atoms with Crippen molar-refractivity contribution in [2.45, 2.75) is 11.8 Å². The average molecular weight is 380 g/mol. The van der Waals surface area contributed by atoms with Crippen LogP contribution in [0.5, 0.6) is 0 Å². The summed E-state index contributed by atoms with van der Waals surface area (Å²) < 4.78 is 31.8. The fourth-order valence-electron chi connectivity index (χ4n) is 2.02. The van der Waals surface area contributed by atoms with Gasteiger partial charge in [0.1, 0.15) is 6.61 Å². The van der Waals surface area contributed by atoms with Crippen LogP contribution in [0.1, 0.15) is 17.3 Å². The summed E-state index contributed by atoms with van der Waals surface area (Å²) >= 11 is 6.02. The maximum Gasteiger partial charge on any atom is 0.340 e. The molecule has 2 aromatic rings. The van der Waals surface area contributed by atoms with Crippen LogP contribution in [-0.2, 0) is 14.8 Å². The van der Waals surface area contributed by atoms with Crippen LogP contribution in [-0.4, -0.2) is 28.0 Å². The van der Waals surface area contributed by atoms with E-state index in [4.69, 9.17) is 16.3 Å². The number of esters is 1. The van der Waals surface area contributed by atoms with Crippen molar-refractivity contribution in [2.24, 2.45) is 0 Å². The van der Waals surface area contributed by atoms with Crippen LogP contribution < -0.4 is 4.31 Å². The van der Waals surface area contributed by atoms with Gasteiger partial charge in [-0.3, -0.25) is 4.31 Å². The molecule has 25 heavy (non-hydrogen) atoms. The number of hydrogen-bond donors (Lipinski definition) is 0. The molecule has 0 spiro atoms. The van der Waals surface area contributed by atoms with Crippen LogP contribution in [0.25, 0.3) is 0 Å². The first-order valence-electron chi connectivity index (χ1n) is 7.38. The number of sulfonamides is 1. The molecule has 5 nitrogen and oxygen atoms in total. The molecule has 0 bridgehead atoms. The van der Waals surface area contributed by atoms with Gasteiger partial charge in [-0.2, -0.15) is 0 Å². The van der Waals surface area contributed by atoms with Gasteiger partial charge in [-0.15, -0.1) is 0 Å². The highest BCUT2D eigenvalue weighted by Gasteiger charge is 2.24. The third-order valence-corrected chi connectivity index (χ3v) is 5.50. The molecule has 0 amide bonds. The average Bonchev–Trinajstić information content (AvgIpc) is 2.59. The summed E-state index contributed by atoms with van der Waals surface area (Å²) in [5.41, 5.74) is 1.16. The number of ether oxygens (including phenoxy) is 1. The van der Waals surface area contributed by atoms with Crippen LogP contribution in [0.3, 0.4) is 0 Å². The van der Waals surface area contributed by atoms with Gasteiger partial charge in [-0.05, 0) is 42.8 Å². The Morgan fingerprint density at radius 3 is 2.44 bits per heavy atom. The number of nitrogens with zero attached hydrogens (tertiary/aromatic N) is 1. The topological polar surface area (TPSA) is 63.7 Å². The molecule has 132 valence electrons. The van der Waals surface area contributed by atoms with Gasteiger partial charge < -0.3 is 4.74 Å². The van der Waals surface area contributed by atoms with Crippen LogP contribution in [0.15, 0.2) is 65.6 Å². The molecule has 0 saturated carbocycles. The summed E-state index contributed by atoms with van der Waals surface area (Å²) in [5.74, 6) is -0.701. The summed E-state index contributed by atoms with van der Waals surface area (Å²) in [5, 5.41) is 0.119. The van der Waals surface area contributed by atoms with Crippen molar-refractivity contribution in [1.82, 2.24) is 0 Å². The molecule has 0 radical (unpaired) electrons. The van der Waals surface area contributed by atoms with Gasteiger partial charge in [0, 0.05) is 7.05 Å². The predicted octanol–water partition coefficient (Wildman–Crippen LogP) is 3.90. The van der Waals surface area contributed by atoms with Crippen LogP contribution in [0.4, 0.5) is 5.69 Å². The second kappa shape index (κ2) is 7.72. The SMILES string of the molecule is C=C(C)COC(=O)c1cc(S(=O)(=O)N(C)c2ccccc2)ccc1Cl. The van der Waals surface area contributed by atoms with Gasteiger partial charge in [0.25, 0.3) is 10.0 Å². The standard InChI is InChI=1S/C18H18ClNO4S/c1-13(2)12-24-18(21)16-11-15(9-10-17(16)19)25(22,23)20(3)14-7-5-4-6-8-14/h4-11H,1,12H2,2-3H3. The second-order valence-electron chi connectivity index (χ2n) is 5.48. The van der Waals surface area contributed by atoms with Crippen molar-refractivity contribution in [2.75, 3.05) is 18.0 Å². The number of halogens is 1. The first-order chi connectivity index (χ1) is 11.7. The van der Waals surface area contributed by atoms with Gasteiger partial charge in [0.15, 0.2) is 0 Å². The Kier molecular flexibility index (Phi) is 5.87. The number of para-hydroxylation sites is 1. The zero-order valence-electron chi connectivity index (χ0n) is 13.9. The van der Waals surface area contributed by atoms with E-state index in [9.17, 15) is 13.2 Å². The molecule has 2 rings (SSSR count). The van der Waals surface area contributed by atoms with Crippen molar-refractivity contribution in [3.05, 3.63) is 71.3 Å². The minimum Gasteiger partial charge on any atom is -0.458 e. The quantitative estimate of drug-likeness (QED) is 0.564. The maximum absolute atomic E-state index is 12.8. The van der Waals surface area contributed by atoms with Gasteiger partial charge in [0.05, 0.1) is 21.2 Å². The third kappa shape index (κ3) is 4.41. The number of carbonyl (C=O) groups is 1. The number of benzene rings is 2. The Labute approximate surface area is 152 Å². The summed E-state index contributed by atoms with van der Waals surface area (Å²) in [4.78, 5) is 12.1. The van der Waals surface area contributed by atoms with Gasteiger partial charge in [-0.1, -0.05) is 36.4 Å². The third-order valence-electron chi connectivity index (χ3n) is 3.39. The Balaban J connectivity index is 2.37. The Morgan fingerprint density at radius 1 is 1.20 bits per heavy atom. The summed E-state index contributed by atoms with van der Waals surface area (Å²) in [6, 6.07) is 12.6. The molecule has 7 heteroatoms. The van der Waals surface area contributed by atoms with Crippen LogP contribution in [0.2, 0.25) is 5.02 Å². The van der Waals surface area contributed by atoms with Gasteiger partial charge in [-0.25, -0.2) is 13.2 Å². The lowest BCUT2D eigenvalue weighted by Gasteiger charge is -2.20. The maximum atomic E-state index is 12.8. The molecule has 2 aromatic carbocycles. The first kappa shape index (κ1) is 19.0. The highest BCUT2D eigenvalue weighted by molar-refractivity contribution is 7.92. The lowest BCUT2D eigenvalue weighted by molar-refractivity contribution is 0.0540. The lowest BCUT2D eigenvalue weighted by Crippen LogP contribution is -2.26. The summed E-state index contributed by atoms with van der Waals surface area (Å²) in [6.45, 7) is 5.39. The molecule has 0 heterocycles. The molecule has 0 aromatic heterocycles. The van der Waals surface area contributed by atoms with E-state index in [-0.39, 0.29) is 22.1 Å². The van der Waals surface area contributed by atoms with Crippen molar-refractivity contribution in [3.63, 3.8) is 0 Å². The van der Waals surface area contributed by atoms with E-state index in [1.165, 1.54) is 25.2 Å². The van der Waals surface area contributed by atoms with Crippen molar-refractivity contribution in [3.8, 4) is 0 Å². The van der Waals surface area contributed by atoms with E-state index in [0.29, 0.717) is 11.3 Å². The molecule has 0 saturated heterocycles. The smallest absolute Gasteiger partial charge is 0.340 e. The highest BCUT2D eigenvalue weighted by atomic mass is 35.5. The summed E-state index contributed by atoms with van der Waals surface area (Å²) in [6.07, 6.45) is 0. The Hall–Kier alpha value is -2.31. The van der Waals surface area contributed by atoms with Crippen LogP contribution >= 0.6 is 11.6 Å². The van der Waals surface area contributed by atoms with E-state index in [1.54, 1.807) is 37.3 Å². The lowest BCUT2D eigenvalue weighted by atomic mass is 10.2. The van der Waals surface area contributed by atoms with E-state index < -0.39 is 16.0 Å². The zero-order chi connectivity index (χ0) is 18.6. The molecule has 0 N–H and O–H groups in total. The largest absolute Gasteiger partial charge is 0.458 e. The van der Waals surface area contributed by atoms with Crippen molar-refractivity contribution >= 4 is 33.3 Å². The molecule has 0 unspecified atom stereocenters. The molecule has 0 aliphatic rings. The van der Waals surface area contributed by atoms with Crippen LogP contribution in [0, 0.1) is 0 Å². The number of carbonyl (C=O) groups excluding carboxylic acids is 1. The molecule has 0 aliphatic heterocycles. The Bertz CT molecular complexity index is 895. The van der Waals surface area contributed by atoms with E-state index in [1.807, 2.05) is 0 Å². The molecular formula is C18H18ClNO4S. The fraction of sp³-hybridized carbons (Fsp3) is 0.167. The van der Waals surface area contributed by atoms with E-state index in [0.717, 1.165) is 4.31 Å². The van der Waals surface area contributed by atoms with Crippen molar-refractivity contribution < 1.29 is 17.9 Å². The monoisotopic (exact) mass is 379 g/mol. The first-order valence-corrected chi connectivity index (χ1v) is 9.20. The molecule has 0 atom stereocenters. The predicted molar refractivity (Wildman–Crippen MR) is 98.6 cm³/mol. The zero-order valence-corrected chi connectivity index (χ0v) is 15.5. The van der Waals surface area contributed by atoms with E-state index in [2.05, 4.69) is 6.58 Å². The summed E-state index contributed by atoms with van der Waals surface area (Å²) in [7, 11) is -2.40. The minimum absolute atomic E-state index is 0.00884. The second-order valence-corrected chi connectivity index (χ2v) is 7.86. The molecular weight excluding hydrogens is 362 g/mol. The number of hydrogen-bond acceptors (Lipinski definition) is 4. The normalized spacial score (nSPS) is 11.0. The minimum atomic E-state index is -3.85. The van der Waals surface area contributed by atoms with E-state index >= 15 is 0 Å². The Morgan fingerprint density at radius 2 is 1.84 bits per heavy atom. The number of rotatable bonds is 6. The van der Waals surface area contributed by atoms with Crippen molar-refractivity contribution in [1.29, 1.82) is 0 Å². The highest BCUT2D eigenvalue weighted by Crippen LogP contribution is 2.26. The van der Waals surface area contributed by atoms with Gasteiger partial charge in [0.2, 0.25) is 0 Å². The fourth-order valence-corrected chi connectivity index (χ4v) is 3.44. The van der Waals surface area contributed by atoms with Gasteiger partial charge >= 0.3 is 5.97 Å². The molecule has 0 fully saturated rings. The molecule has 0 aliphatic carbocycles. The number of anilines is 1.